The molecule has 22 heavy (non-hydrogen) atoms. The van der Waals surface area contributed by atoms with Crippen LogP contribution in [0.3, 0.4) is 0 Å². The van der Waals surface area contributed by atoms with E-state index in [9.17, 15) is 5.21 Å². The maximum Gasteiger partial charge on any atom is 0.0993 e. The van der Waals surface area contributed by atoms with E-state index in [1.165, 1.54) is 10.8 Å². The molecule has 0 bridgehead atoms. The molecule has 0 atom stereocenters. The predicted octanol–water partition coefficient (Wildman–Crippen LogP) is 3.41. The molecule has 0 aliphatic carbocycles. The third-order valence-electron chi connectivity index (χ3n) is 4.53. The molecule has 0 amide bonds. The Morgan fingerprint density at radius 1 is 1.05 bits per heavy atom. The summed E-state index contributed by atoms with van der Waals surface area (Å²) in [5, 5.41) is 19.9. The number of fused-ring (bicyclic) bond motifs is 1. The van der Waals surface area contributed by atoms with Crippen LogP contribution in [0.25, 0.3) is 22.0 Å². The molecule has 1 fully saturated rings. The lowest BCUT2D eigenvalue weighted by Gasteiger charge is -2.22. The molecule has 0 spiro atoms. The Balaban J connectivity index is 1.80. The zero-order valence-electron chi connectivity index (χ0n) is 12.4. The van der Waals surface area contributed by atoms with Gasteiger partial charge in [0.1, 0.15) is 0 Å². The monoisotopic (exact) mass is 293 g/mol. The van der Waals surface area contributed by atoms with Crippen LogP contribution in [0, 0.1) is 0 Å². The summed E-state index contributed by atoms with van der Waals surface area (Å²) in [4.78, 5) is 0.960. The van der Waals surface area contributed by atoms with Gasteiger partial charge in [0.05, 0.1) is 11.9 Å². The third-order valence-corrected chi connectivity index (χ3v) is 4.53. The average molecular weight is 293 g/mol. The highest BCUT2D eigenvalue weighted by atomic mass is 16.5. The van der Waals surface area contributed by atoms with Gasteiger partial charge < -0.3 is 10.5 Å². The van der Waals surface area contributed by atoms with Gasteiger partial charge in [-0.05, 0) is 48.7 Å². The van der Waals surface area contributed by atoms with Crippen LogP contribution in [-0.2, 0) is 0 Å². The second-order valence-corrected chi connectivity index (χ2v) is 5.94. The zero-order valence-corrected chi connectivity index (χ0v) is 12.4. The van der Waals surface area contributed by atoms with Gasteiger partial charge in [-0.3, -0.25) is 0 Å². The van der Waals surface area contributed by atoms with Gasteiger partial charge in [-0.1, -0.05) is 36.4 Å². The van der Waals surface area contributed by atoms with Crippen molar-refractivity contribution in [2.75, 3.05) is 13.1 Å². The van der Waals surface area contributed by atoms with Crippen molar-refractivity contribution < 1.29 is 5.21 Å². The SMILES string of the molecule is On1cc(C2CCNCC2)c(-c2ccc3ccccc3c2)n1. The van der Waals surface area contributed by atoms with Gasteiger partial charge in [0.15, 0.2) is 0 Å². The van der Waals surface area contributed by atoms with Crippen molar-refractivity contribution in [2.24, 2.45) is 0 Å². The minimum Gasteiger partial charge on any atom is -0.412 e. The summed E-state index contributed by atoms with van der Waals surface area (Å²) < 4.78 is 0. The summed E-state index contributed by atoms with van der Waals surface area (Å²) in [5.74, 6) is 0.462. The molecular weight excluding hydrogens is 274 g/mol. The van der Waals surface area contributed by atoms with Crippen molar-refractivity contribution in [3.05, 3.63) is 54.2 Å². The molecule has 2 heterocycles. The second-order valence-electron chi connectivity index (χ2n) is 5.94. The molecule has 0 unspecified atom stereocenters. The Labute approximate surface area is 129 Å². The lowest BCUT2D eigenvalue weighted by molar-refractivity contribution is 0.149. The molecule has 2 aromatic carbocycles. The fraction of sp³-hybridized carbons (Fsp3) is 0.278. The average Bonchev–Trinajstić information content (AvgIpc) is 2.97. The number of piperidine rings is 1. The fourth-order valence-corrected chi connectivity index (χ4v) is 3.37. The van der Waals surface area contributed by atoms with Crippen molar-refractivity contribution in [3.8, 4) is 11.3 Å². The molecule has 112 valence electrons. The van der Waals surface area contributed by atoms with Crippen molar-refractivity contribution in [3.63, 3.8) is 0 Å². The molecule has 3 aromatic rings. The smallest absolute Gasteiger partial charge is 0.0993 e. The van der Waals surface area contributed by atoms with E-state index in [4.69, 9.17) is 0 Å². The van der Waals surface area contributed by atoms with Gasteiger partial charge in [-0.25, -0.2) is 0 Å². The lowest BCUT2D eigenvalue weighted by Crippen LogP contribution is -2.26. The van der Waals surface area contributed by atoms with Crippen molar-refractivity contribution >= 4 is 10.8 Å². The maximum absolute atomic E-state index is 9.83. The Bertz CT molecular complexity index is 803. The van der Waals surface area contributed by atoms with E-state index < -0.39 is 0 Å². The first-order valence-electron chi connectivity index (χ1n) is 7.80. The van der Waals surface area contributed by atoms with E-state index in [1.807, 2.05) is 12.1 Å². The number of benzene rings is 2. The van der Waals surface area contributed by atoms with Gasteiger partial charge in [-0.2, -0.15) is 0 Å². The van der Waals surface area contributed by atoms with Gasteiger partial charge in [-0.15, -0.1) is 9.94 Å². The summed E-state index contributed by atoms with van der Waals surface area (Å²) in [6, 6.07) is 14.7. The van der Waals surface area contributed by atoms with Crippen molar-refractivity contribution in [2.45, 2.75) is 18.8 Å². The van der Waals surface area contributed by atoms with E-state index >= 15 is 0 Å². The molecule has 0 radical (unpaired) electrons. The summed E-state index contributed by atoms with van der Waals surface area (Å²) in [5.41, 5.74) is 3.12. The fourth-order valence-electron chi connectivity index (χ4n) is 3.37. The Kier molecular flexibility index (Phi) is 3.31. The second kappa shape index (κ2) is 5.46. The molecule has 2 N–H and O–H groups in total. The molecule has 0 saturated carbocycles. The molecule has 1 aliphatic heterocycles. The standard InChI is InChI=1S/C18H19N3O/c22-21-12-17(14-7-9-19-10-8-14)18(20-21)16-6-5-13-3-1-2-4-15(13)11-16/h1-6,11-12,14,19,22H,7-10H2. The highest BCUT2D eigenvalue weighted by Crippen LogP contribution is 2.34. The van der Waals surface area contributed by atoms with Crippen LogP contribution in [0.2, 0.25) is 0 Å². The Morgan fingerprint density at radius 3 is 2.64 bits per heavy atom. The van der Waals surface area contributed by atoms with Crippen LogP contribution in [0.1, 0.15) is 24.3 Å². The first-order chi connectivity index (χ1) is 10.8. The quantitative estimate of drug-likeness (QED) is 0.712. The highest BCUT2D eigenvalue weighted by Gasteiger charge is 2.22. The van der Waals surface area contributed by atoms with Crippen LogP contribution in [-0.4, -0.2) is 28.2 Å². The van der Waals surface area contributed by atoms with Gasteiger partial charge >= 0.3 is 0 Å². The third kappa shape index (κ3) is 2.35. The van der Waals surface area contributed by atoms with E-state index in [0.29, 0.717) is 5.92 Å². The number of nitrogens with one attached hydrogen (secondary N) is 1. The molecular formula is C18H19N3O. The van der Waals surface area contributed by atoms with Gasteiger partial charge in [0.25, 0.3) is 0 Å². The number of aromatic nitrogens is 2. The molecule has 1 aliphatic rings. The number of hydrogen-bond acceptors (Lipinski definition) is 3. The maximum atomic E-state index is 9.83. The van der Waals surface area contributed by atoms with E-state index in [1.54, 1.807) is 6.20 Å². The first-order valence-corrected chi connectivity index (χ1v) is 7.80. The van der Waals surface area contributed by atoms with Crippen molar-refractivity contribution in [1.29, 1.82) is 0 Å². The van der Waals surface area contributed by atoms with Gasteiger partial charge in [0, 0.05) is 11.1 Å². The normalized spacial score (nSPS) is 16.2. The van der Waals surface area contributed by atoms with Crippen molar-refractivity contribution in [1.82, 2.24) is 15.3 Å². The molecule has 4 heteroatoms. The number of rotatable bonds is 2. The topological polar surface area (TPSA) is 50.1 Å². The van der Waals surface area contributed by atoms with Crippen LogP contribution in [0.5, 0.6) is 0 Å². The Morgan fingerprint density at radius 2 is 1.82 bits per heavy atom. The van der Waals surface area contributed by atoms with Crippen LogP contribution in [0.4, 0.5) is 0 Å². The summed E-state index contributed by atoms with van der Waals surface area (Å²) in [6.45, 7) is 2.05. The molecule has 4 nitrogen and oxygen atoms in total. The first kappa shape index (κ1) is 13.3. The van der Waals surface area contributed by atoms with E-state index in [-0.39, 0.29) is 0 Å². The van der Waals surface area contributed by atoms with Crippen LogP contribution in [0.15, 0.2) is 48.7 Å². The minimum absolute atomic E-state index is 0.462. The minimum atomic E-state index is 0.462. The van der Waals surface area contributed by atoms with Gasteiger partial charge in [0.2, 0.25) is 0 Å². The molecule has 4 rings (SSSR count). The molecule has 1 aromatic heterocycles. The largest absolute Gasteiger partial charge is 0.412 e. The lowest BCUT2D eigenvalue weighted by atomic mass is 9.88. The summed E-state index contributed by atoms with van der Waals surface area (Å²) in [6.07, 6.45) is 3.94. The number of nitrogens with zero attached hydrogens (tertiary/aromatic N) is 2. The molecule has 1 saturated heterocycles. The summed E-state index contributed by atoms with van der Waals surface area (Å²) >= 11 is 0. The van der Waals surface area contributed by atoms with E-state index in [2.05, 4.69) is 40.7 Å². The predicted molar refractivity (Wildman–Crippen MR) is 87.2 cm³/mol. The number of hydrogen-bond donors (Lipinski definition) is 2. The Hall–Kier alpha value is -2.33. The summed E-state index contributed by atoms with van der Waals surface area (Å²) in [7, 11) is 0. The zero-order chi connectivity index (χ0) is 14.9. The van der Waals surface area contributed by atoms with Crippen LogP contribution < -0.4 is 5.32 Å². The van der Waals surface area contributed by atoms with E-state index in [0.717, 1.165) is 47.6 Å². The highest BCUT2D eigenvalue weighted by molar-refractivity contribution is 5.87. The van der Waals surface area contributed by atoms with Crippen LogP contribution >= 0.6 is 0 Å².